The topological polar surface area (TPSA) is 119 Å². The van der Waals surface area contributed by atoms with Crippen LogP contribution in [0.2, 0.25) is 0 Å². The number of hydrogen-bond donors (Lipinski definition) is 1. The molecule has 1 atom stereocenters. The Morgan fingerprint density at radius 3 is 2.58 bits per heavy atom. The molecule has 31 heavy (non-hydrogen) atoms. The maximum atomic E-state index is 14.3. The molecule has 0 radical (unpaired) electrons. The summed E-state index contributed by atoms with van der Waals surface area (Å²) < 4.78 is 48.9. The summed E-state index contributed by atoms with van der Waals surface area (Å²) in [5.41, 5.74) is 0.470. The van der Waals surface area contributed by atoms with Crippen molar-refractivity contribution < 1.29 is 32.2 Å². The van der Waals surface area contributed by atoms with Crippen molar-refractivity contribution in [1.29, 1.82) is 0 Å². The van der Waals surface area contributed by atoms with Gasteiger partial charge in [0.1, 0.15) is 24.9 Å². The van der Waals surface area contributed by atoms with Crippen LogP contribution in [-0.4, -0.2) is 66.4 Å². The summed E-state index contributed by atoms with van der Waals surface area (Å²) in [6.45, 7) is 2.83. The normalized spacial score (nSPS) is 16.6. The zero-order valence-electron chi connectivity index (χ0n) is 17.2. The molecule has 1 saturated heterocycles. The maximum absolute atomic E-state index is 14.3. The van der Waals surface area contributed by atoms with Gasteiger partial charge in [-0.05, 0) is 38.0 Å². The lowest BCUT2D eigenvalue weighted by Crippen LogP contribution is -2.44. The Balaban J connectivity index is 1.68. The number of halogens is 1. The summed E-state index contributed by atoms with van der Waals surface area (Å²) in [4.78, 5) is 20.4. The molecule has 0 amide bonds. The van der Waals surface area contributed by atoms with Crippen LogP contribution in [0.4, 0.5) is 4.39 Å². The molecular formula is C20H24FN3O6S. The number of aromatic nitrogens is 2. The first-order valence-electron chi connectivity index (χ1n) is 9.70. The van der Waals surface area contributed by atoms with E-state index in [2.05, 4.69) is 9.97 Å². The number of sulfone groups is 1. The lowest BCUT2D eigenvalue weighted by atomic mass is 10.1. The zero-order valence-corrected chi connectivity index (χ0v) is 18.0. The number of ether oxygens (including phenoxy) is 2. The second-order valence-corrected chi connectivity index (χ2v) is 9.33. The van der Waals surface area contributed by atoms with Crippen molar-refractivity contribution in [3.8, 4) is 17.5 Å². The van der Waals surface area contributed by atoms with Crippen molar-refractivity contribution >= 4 is 16.1 Å². The number of aliphatic hydroxyl groups is 1. The third-order valence-electron chi connectivity index (χ3n) is 5.01. The van der Waals surface area contributed by atoms with E-state index in [9.17, 15) is 22.7 Å². The Bertz CT molecular complexity index is 1040. The number of aldehydes is 1. The summed E-state index contributed by atoms with van der Waals surface area (Å²) in [5, 5.41) is 9.91. The summed E-state index contributed by atoms with van der Waals surface area (Å²) in [5.74, 6) is -0.609. The molecule has 1 aliphatic rings. The third-order valence-corrected chi connectivity index (χ3v) is 6.12. The van der Waals surface area contributed by atoms with Crippen molar-refractivity contribution in [2.75, 3.05) is 19.3 Å². The first-order valence-corrected chi connectivity index (χ1v) is 11.6. The Labute approximate surface area is 179 Å². The molecule has 9 nitrogen and oxygen atoms in total. The number of rotatable bonds is 8. The van der Waals surface area contributed by atoms with Gasteiger partial charge in [-0.3, -0.25) is 4.90 Å². The fraction of sp³-hybridized carbons (Fsp3) is 0.450. The van der Waals surface area contributed by atoms with Gasteiger partial charge < -0.3 is 19.4 Å². The van der Waals surface area contributed by atoms with Gasteiger partial charge in [0, 0.05) is 25.8 Å². The highest BCUT2D eigenvalue weighted by molar-refractivity contribution is 7.90. The summed E-state index contributed by atoms with van der Waals surface area (Å²) in [6, 6.07) is 3.38. The molecule has 1 aliphatic heterocycles. The molecule has 0 saturated carbocycles. The first-order chi connectivity index (χ1) is 14.7. The number of carbonyl (C=O) groups is 1. The molecule has 3 rings (SSSR count). The average molecular weight is 453 g/mol. The van der Waals surface area contributed by atoms with Gasteiger partial charge in [0.05, 0.1) is 10.5 Å². The van der Waals surface area contributed by atoms with Crippen molar-refractivity contribution in [3.05, 3.63) is 35.9 Å². The minimum atomic E-state index is -3.54. The molecule has 2 heterocycles. The maximum Gasteiger partial charge on any atom is 0.229 e. The van der Waals surface area contributed by atoms with Crippen LogP contribution in [0.1, 0.15) is 24.8 Å². The molecule has 1 aromatic carbocycles. The van der Waals surface area contributed by atoms with Crippen molar-refractivity contribution in [2.45, 2.75) is 43.4 Å². The lowest BCUT2D eigenvalue weighted by Gasteiger charge is -2.34. The number of hydrogen-bond acceptors (Lipinski definition) is 9. The van der Waals surface area contributed by atoms with Gasteiger partial charge in [0.15, 0.2) is 21.4 Å². The number of benzene rings is 1. The highest BCUT2D eigenvalue weighted by atomic mass is 32.2. The molecule has 1 fully saturated rings. The zero-order chi connectivity index (χ0) is 22.6. The summed E-state index contributed by atoms with van der Waals surface area (Å²) >= 11 is 0. The molecule has 0 aliphatic carbocycles. The predicted octanol–water partition coefficient (Wildman–Crippen LogP) is 1.87. The Morgan fingerprint density at radius 2 is 1.97 bits per heavy atom. The fourth-order valence-electron chi connectivity index (χ4n) is 3.22. The van der Waals surface area contributed by atoms with E-state index in [4.69, 9.17) is 9.47 Å². The average Bonchev–Trinajstić information content (AvgIpc) is 2.72. The second kappa shape index (κ2) is 9.67. The number of likely N-dealkylation sites (tertiary alicyclic amines) is 1. The largest absolute Gasteiger partial charge is 0.474 e. The van der Waals surface area contributed by atoms with Crippen LogP contribution in [0.25, 0.3) is 0 Å². The van der Waals surface area contributed by atoms with Crippen molar-refractivity contribution in [2.24, 2.45) is 0 Å². The Kier molecular flexibility index (Phi) is 7.19. The van der Waals surface area contributed by atoms with Gasteiger partial charge in [-0.25, -0.2) is 22.8 Å². The molecule has 1 aromatic heterocycles. The standard InChI is InChI=1S/C20H24FN3O6S/c1-13-19(29-14-5-8-24(9-6-14)18(26)7-10-25)22-12-23-20(13)30-17-4-3-15(11-16(17)21)31(2,27)28/h3-4,10-12,14,18,26H,5-9H2,1-2H3. The van der Waals surface area contributed by atoms with Crippen LogP contribution in [0.15, 0.2) is 29.4 Å². The van der Waals surface area contributed by atoms with Gasteiger partial charge in [0.25, 0.3) is 0 Å². The number of nitrogens with zero attached hydrogens (tertiary/aromatic N) is 3. The number of piperidine rings is 1. The van der Waals surface area contributed by atoms with Gasteiger partial charge >= 0.3 is 0 Å². The minimum absolute atomic E-state index is 0.0684. The van der Waals surface area contributed by atoms with Gasteiger partial charge in [0.2, 0.25) is 11.8 Å². The Hall–Kier alpha value is -2.63. The molecule has 2 aromatic rings. The summed E-state index contributed by atoms with van der Waals surface area (Å²) in [6.07, 6.45) is 3.33. The van der Waals surface area contributed by atoms with E-state index >= 15 is 0 Å². The van der Waals surface area contributed by atoms with E-state index in [0.29, 0.717) is 43.7 Å². The Morgan fingerprint density at radius 1 is 1.29 bits per heavy atom. The molecule has 11 heteroatoms. The van der Waals surface area contributed by atoms with E-state index in [-0.39, 0.29) is 29.0 Å². The SMILES string of the molecule is Cc1c(Oc2ccc(S(C)(=O)=O)cc2F)ncnc1OC1CCN(C(O)CC=O)CC1. The molecular weight excluding hydrogens is 429 g/mol. The molecule has 1 N–H and O–H groups in total. The molecule has 168 valence electrons. The van der Waals surface area contributed by atoms with Crippen LogP contribution < -0.4 is 9.47 Å². The smallest absolute Gasteiger partial charge is 0.229 e. The van der Waals surface area contributed by atoms with Crippen LogP contribution in [0.5, 0.6) is 17.5 Å². The van der Waals surface area contributed by atoms with Gasteiger partial charge in [-0.15, -0.1) is 0 Å². The highest BCUT2D eigenvalue weighted by Crippen LogP contribution is 2.31. The van der Waals surface area contributed by atoms with Crippen LogP contribution in [0.3, 0.4) is 0 Å². The van der Waals surface area contributed by atoms with Crippen molar-refractivity contribution in [1.82, 2.24) is 14.9 Å². The van der Waals surface area contributed by atoms with Gasteiger partial charge in [-0.1, -0.05) is 0 Å². The number of aliphatic hydroxyl groups excluding tert-OH is 1. The van der Waals surface area contributed by atoms with Crippen LogP contribution in [0, 0.1) is 12.7 Å². The summed E-state index contributed by atoms with van der Waals surface area (Å²) in [7, 11) is -3.54. The van der Waals surface area contributed by atoms with E-state index in [0.717, 1.165) is 12.3 Å². The fourth-order valence-corrected chi connectivity index (χ4v) is 3.86. The highest BCUT2D eigenvalue weighted by Gasteiger charge is 2.26. The van der Waals surface area contributed by atoms with Crippen LogP contribution >= 0.6 is 0 Å². The lowest BCUT2D eigenvalue weighted by molar-refractivity contribution is -0.113. The van der Waals surface area contributed by atoms with E-state index in [1.807, 2.05) is 4.90 Å². The molecule has 0 bridgehead atoms. The third kappa shape index (κ3) is 5.75. The second-order valence-electron chi connectivity index (χ2n) is 7.31. The predicted molar refractivity (Wildman–Crippen MR) is 108 cm³/mol. The van der Waals surface area contributed by atoms with Gasteiger partial charge in [-0.2, -0.15) is 0 Å². The van der Waals surface area contributed by atoms with E-state index < -0.39 is 21.9 Å². The van der Waals surface area contributed by atoms with Crippen molar-refractivity contribution in [3.63, 3.8) is 0 Å². The number of carbonyl (C=O) groups excluding carboxylic acids is 1. The quantitative estimate of drug-likeness (QED) is 0.597. The monoisotopic (exact) mass is 453 g/mol. The van der Waals surface area contributed by atoms with Crippen LogP contribution in [-0.2, 0) is 14.6 Å². The first kappa shape index (κ1) is 23.0. The van der Waals surface area contributed by atoms with E-state index in [1.165, 1.54) is 18.5 Å². The molecule has 1 unspecified atom stereocenters. The molecule has 0 spiro atoms. The minimum Gasteiger partial charge on any atom is -0.474 e. The van der Waals surface area contributed by atoms with E-state index in [1.54, 1.807) is 6.92 Å².